The smallest absolute Gasteiger partial charge is 0.240 e. The molecular formula is C26H31N3O6S. The van der Waals surface area contributed by atoms with E-state index < -0.39 is 22.6 Å². The molecule has 0 bridgehead atoms. The molecule has 0 radical (unpaired) electrons. The van der Waals surface area contributed by atoms with Gasteiger partial charge in [-0.3, -0.25) is 18.6 Å². The van der Waals surface area contributed by atoms with Crippen molar-refractivity contribution in [3.63, 3.8) is 0 Å². The third-order valence-electron chi connectivity index (χ3n) is 6.15. The molecule has 0 saturated heterocycles. The van der Waals surface area contributed by atoms with Crippen LogP contribution in [0, 0.1) is 6.92 Å². The van der Waals surface area contributed by atoms with Gasteiger partial charge in [-0.15, -0.1) is 0 Å². The number of carbonyl (C=O) groups is 3. The normalized spacial score (nSPS) is 15.7. The molecule has 1 atom stereocenters. The second-order valence-electron chi connectivity index (χ2n) is 9.06. The fourth-order valence-corrected chi connectivity index (χ4v) is 5.19. The molecule has 0 aromatic heterocycles. The van der Waals surface area contributed by atoms with Crippen molar-refractivity contribution in [3.8, 4) is 11.5 Å². The number of rotatable bonds is 9. The SMILES string of the molecule is Cc1ccc(N(CC(=O)NC2CCCCC2)C(=O)CS(=O)CC(=O)Nc2ccc3c(c2)OCO3)cc1. The molecule has 4 rings (SSSR count). The van der Waals surface area contributed by atoms with E-state index in [0.717, 1.165) is 31.2 Å². The van der Waals surface area contributed by atoms with E-state index >= 15 is 0 Å². The van der Waals surface area contributed by atoms with Crippen LogP contribution in [-0.4, -0.2) is 52.8 Å². The van der Waals surface area contributed by atoms with Crippen LogP contribution >= 0.6 is 0 Å². The minimum Gasteiger partial charge on any atom is -0.454 e. The zero-order valence-corrected chi connectivity index (χ0v) is 21.1. The van der Waals surface area contributed by atoms with Crippen molar-refractivity contribution in [2.75, 3.05) is 35.1 Å². The first-order valence-electron chi connectivity index (χ1n) is 12.1. The summed E-state index contributed by atoms with van der Waals surface area (Å²) in [5.74, 6) is -0.837. The Morgan fingerprint density at radius 1 is 0.944 bits per heavy atom. The maximum atomic E-state index is 13.1. The van der Waals surface area contributed by atoms with Gasteiger partial charge in [-0.2, -0.15) is 0 Å². The van der Waals surface area contributed by atoms with Gasteiger partial charge in [0.2, 0.25) is 24.5 Å². The molecule has 192 valence electrons. The number of carbonyl (C=O) groups excluding carboxylic acids is 3. The molecule has 2 aromatic rings. The molecule has 0 spiro atoms. The maximum Gasteiger partial charge on any atom is 0.240 e. The van der Waals surface area contributed by atoms with Gasteiger partial charge in [0, 0.05) is 34.3 Å². The van der Waals surface area contributed by atoms with Gasteiger partial charge in [0.15, 0.2) is 11.5 Å². The highest BCUT2D eigenvalue weighted by molar-refractivity contribution is 7.86. The molecule has 1 saturated carbocycles. The molecule has 1 aliphatic carbocycles. The van der Waals surface area contributed by atoms with E-state index in [1.807, 2.05) is 19.1 Å². The minimum atomic E-state index is -1.76. The average Bonchev–Trinajstić information content (AvgIpc) is 3.31. The van der Waals surface area contributed by atoms with E-state index in [9.17, 15) is 18.6 Å². The zero-order valence-electron chi connectivity index (χ0n) is 20.3. The Labute approximate surface area is 213 Å². The molecule has 9 nitrogen and oxygen atoms in total. The average molecular weight is 514 g/mol. The lowest BCUT2D eigenvalue weighted by Crippen LogP contribution is -2.46. The molecule has 1 heterocycles. The van der Waals surface area contributed by atoms with Gasteiger partial charge in [-0.1, -0.05) is 37.0 Å². The van der Waals surface area contributed by atoms with Crippen LogP contribution in [-0.2, 0) is 25.2 Å². The van der Waals surface area contributed by atoms with Crippen LogP contribution < -0.4 is 25.0 Å². The van der Waals surface area contributed by atoms with Crippen LogP contribution in [0.4, 0.5) is 11.4 Å². The number of hydrogen-bond donors (Lipinski definition) is 2. The summed E-state index contributed by atoms with van der Waals surface area (Å²) in [5.41, 5.74) is 2.04. The molecule has 3 amide bonds. The molecule has 2 N–H and O–H groups in total. The first-order valence-corrected chi connectivity index (χ1v) is 13.6. The number of anilines is 2. The van der Waals surface area contributed by atoms with E-state index in [4.69, 9.17) is 9.47 Å². The standard InChI is InChI=1S/C26H31N3O6S/c1-18-7-10-21(11-8-18)29(14-24(30)27-19-5-3-2-4-6-19)26(32)16-36(33)15-25(31)28-20-9-12-22-23(13-20)35-17-34-22/h7-13,19H,2-6,14-17H2,1H3,(H,27,30)(H,28,31). The van der Waals surface area contributed by atoms with Crippen molar-refractivity contribution in [2.24, 2.45) is 0 Å². The zero-order chi connectivity index (χ0) is 25.5. The van der Waals surface area contributed by atoms with Gasteiger partial charge in [-0.25, -0.2) is 0 Å². The van der Waals surface area contributed by atoms with E-state index in [1.54, 1.807) is 30.3 Å². The lowest BCUT2D eigenvalue weighted by Gasteiger charge is -2.26. The Hall–Kier alpha value is -3.40. The maximum absolute atomic E-state index is 13.1. The van der Waals surface area contributed by atoms with E-state index in [2.05, 4.69) is 10.6 Å². The Kier molecular flexibility index (Phi) is 8.58. The second kappa shape index (κ2) is 12.0. The quantitative estimate of drug-likeness (QED) is 0.533. The van der Waals surface area contributed by atoms with Crippen LogP contribution in [0.1, 0.15) is 37.7 Å². The number of nitrogens with zero attached hydrogens (tertiary/aromatic N) is 1. The fourth-order valence-electron chi connectivity index (χ4n) is 4.30. The third-order valence-corrected chi connectivity index (χ3v) is 7.30. The topological polar surface area (TPSA) is 114 Å². The number of ether oxygens (including phenoxy) is 2. The summed E-state index contributed by atoms with van der Waals surface area (Å²) in [4.78, 5) is 39.6. The van der Waals surface area contributed by atoms with Crippen LogP contribution in [0.25, 0.3) is 0 Å². The largest absolute Gasteiger partial charge is 0.454 e. The Balaban J connectivity index is 1.35. The number of aryl methyl sites for hydroxylation is 1. The molecule has 1 aliphatic heterocycles. The molecule has 2 aromatic carbocycles. The Morgan fingerprint density at radius 3 is 2.42 bits per heavy atom. The van der Waals surface area contributed by atoms with Crippen molar-refractivity contribution in [1.29, 1.82) is 0 Å². The number of benzene rings is 2. The predicted molar refractivity (Wildman–Crippen MR) is 138 cm³/mol. The van der Waals surface area contributed by atoms with Crippen LogP contribution in [0.15, 0.2) is 42.5 Å². The van der Waals surface area contributed by atoms with E-state index in [-0.39, 0.29) is 36.8 Å². The summed E-state index contributed by atoms with van der Waals surface area (Å²) in [7, 11) is -1.76. The summed E-state index contributed by atoms with van der Waals surface area (Å²) in [6.07, 6.45) is 5.21. The van der Waals surface area contributed by atoms with Gasteiger partial charge < -0.3 is 25.0 Å². The minimum absolute atomic E-state index is 0.120. The summed E-state index contributed by atoms with van der Waals surface area (Å²) in [5, 5.41) is 5.69. The van der Waals surface area contributed by atoms with Crippen LogP contribution in [0.2, 0.25) is 0 Å². The van der Waals surface area contributed by atoms with Crippen molar-refractivity contribution < 1.29 is 28.1 Å². The van der Waals surface area contributed by atoms with Crippen molar-refractivity contribution in [3.05, 3.63) is 48.0 Å². The van der Waals surface area contributed by atoms with Crippen molar-refractivity contribution >= 4 is 39.9 Å². The van der Waals surface area contributed by atoms with E-state index in [1.165, 1.54) is 11.3 Å². The molecule has 2 aliphatic rings. The van der Waals surface area contributed by atoms with Crippen molar-refractivity contribution in [1.82, 2.24) is 5.32 Å². The second-order valence-corrected chi connectivity index (χ2v) is 10.5. The predicted octanol–water partition coefficient (Wildman–Crippen LogP) is 2.89. The first kappa shape index (κ1) is 25.7. The molecule has 1 unspecified atom stereocenters. The van der Waals surface area contributed by atoms with Gasteiger partial charge in [0.1, 0.15) is 18.1 Å². The summed E-state index contributed by atoms with van der Waals surface area (Å²) < 4.78 is 23.2. The molecular weight excluding hydrogens is 482 g/mol. The van der Waals surface area contributed by atoms with Gasteiger partial charge in [0.05, 0.1) is 0 Å². The summed E-state index contributed by atoms with van der Waals surface area (Å²) >= 11 is 0. The molecule has 36 heavy (non-hydrogen) atoms. The summed E-state index contributed by atoms with van der Waals surface area (Å²) in [6, 6.07) is 12.3. The van der Waals surface area contributed by atoms with Crippen LogP contribution in [0.3, 0.4) is 0 Å². The van der Waals surface area contributed by atoms with Crippen LogP contribution in [0.5, 0.6) is 11.5 Å². The Bertz CT molecular complexity index is 1130. The number of nitrogens with one attached hydrogen (secondary N) is 2. The van der Waals surface area contributed by atoms with Gasteiger partial charge in [0.25, 0.3) is 0 Å². The lowest BCUT2D eigenvalue weighted by atomic mass is 9.95. The fraction of sp³-hybridized carbons (Fsp3) is 0.423. The molecule has 1 fully saturated rings. The Morgan fingerprint density at radius 2 is 1.67 bits per heavy atom. The number of fused-ring (bicyclic) bond motifs is 1. The number of hydrogen-bond acceptors (Lipinski definition) is 6. The highest BCUT2D eigenvalue weighted by Crippen LogP contribution is 2.34. The lowest BCUT2D eigenvalue weighted by molar-refractivity contribution is -0.123. The van der Waals surface area contributed by atoms with E-state index in [0.29, 0.717) is 22.9 Å². The molecule has 10 heteroatoms. The number of amides is 3. The van der Waals surface area contributed by atoms with Gasteiger partial charge >= 0.3 is 0 Å². The highest BCUT2D eigenvalue weighted by atomic mass is 32.2. The van der Waals surface area contributed by atoms with Crippen molar-refractivity contribution in [2.45, 2.75) is 45.1 Å². The first-order chi connectivity index (χ1) is 17.4. The monoisotopic (exact) mass is 513 g/mol. The highest BCUT2D eigenvalue weighted by Gasteiger charge is 2.24. The van der Waals surface area contributed by atoms with Gasteiger partial charge in [-0.05, 0) is 44.0 Å². The summed E-state index contributed by atoms with van der Waals surface area (Å²) in [6.45, 7) is 1.88. The third kappa shape index (κ3) is 7.07.